The Kier molecular flexibility index (Phi) is 11.4. The van der Waals surface area contributed by atoms with E-state index in [0.717, 1.165) is 0 Å². The Balaban J connectivity index is 0. The van der Waals surface area contributed by atoms with Crippen molar-refractivity contribution in [2.24, 2.45) is 0 Å². The fraction of sp³-hybridized carbons (Fsp3) is 0.357. The monoisotopic (exact) mass is 300 g/mol. The van der Waals surface area contributed by atoms with E-state index in [-0.39, 0.29) is 36.4 Å². The summed E-state index contributed by atoms with van der Waals surface area (Å²) < 4.78 is 4.58. The fourth-order valence-electron chi connectivity index (χ4n) is 0.687. The molecule has 0 fully saturated rings. The van der Waals surface area contributed by atoms with Crippen molar-refractivity contribution in [3.8, 4) is 0 Å². The molecule has 21 heavy (non-hydrogen) atoms. The summed E-state index contributed by atoms with van der Waals surface area (Å²) >= 11 is 0. The number of ether oxygens (including phenoxy) is 1. The number of aliphatic hydroxyl groups is 1. The van der Waals surface area contributed by atoms with Gasteiger partial charge in [0.25, 0.3) is 0 Å². The van der Waals surface area contributed by atoms with Gasteiger partial charge < -0.3 is 20.1 Å². The molecule has 0 atom stereocenters. The number of hydrogen-bond donors (Lipinski definition) is 3. The van der Waals surface area contributed by atoms with E-state index in [9.17, 15) is 14.4 Å². The number of carbonyl (C=O) groups is 3. The predicted molar refractivity (Wildman–Crippen MR) is 75.6 cm³/mol. The Morgan fingerprint density at radius 1 is 1.10 bits per heavy atom. The second-order valence-electron chi connectivity index (χ2n) is 3.94. The summed E-state index contributed by atoms with van der Waals surface area (Å²) in [6.45, 7) is 9.14. The first kappa shape index (κ1) is 20.9. The average Bonchev–Trinajstić information content (AvgIpc) is 2.41. The van der Waals surface area contributed by atoms with Crippen molar-refractivity contribution in [3.05, 3.63) is 36.0 Å². The van der Waals surface area contributed by atoms with Crippen LogP contribution in [0.3, 0.4) is 0 Å². The van der Waals surface area contributed by atoms with Gasteiger partial charge in [0.2, 0.25) is 0 Å². The molecule has 0 unspecified atom stereocenters. The third-order valence-electron chi connectivity index (χ3n) is 1.97. The molecule has 0 rings (SSSR count). The lowest BCUT2D eigenvalue weighted by Crippen LogP contribution is -2.10. The van der Waals surface area contributed by atoms with E-state index in [4.69, 9.17) is 15.3 Å². The highest BCUT2D eigenvalue weighted by Crippen LogP contribution is 2.05. The number of allylic oxidation sites excluding steroid dienone is 1. The maximum atomic E-state index is 11.1. The average molecular weight is 300 g/mol. The van der Waals surface area contributed by atoms with Gasteiger partial charge in [0.05, 0.1) is 6.61 Å². The maximum Gasteiger partial charge on any atom is 0.333 e. The van der Waals surface area contributed by atoms with Crippen LogP contribution in [0.1, 0.15) is 20.3 Å². The van der Waals surface area contributed by atoms with Crippen molar-refractivity contribution in [1.29, 1.82) is 0 Å². The van der Waals surface area contributed by atoms with Gasteiger partial charge in [-0.15, -0.1) is 0 Å². The molecular formula is C14H20O7. The molecule has 0 bridgehead atoms. The number of rotatable bonds is 7. The molecule has 0 aromatic heterocycles. The van der Waals surface area contributed by atoms with E-state index in [1.807, 2.05) is 0 Å². The Morgan fingerprint density at radius 3 is 1.90 bits per heavy atom. The number of aliphatic carboxylic acids is 2. The van der Waals surface area contributed by atoms with Crippen molar-refractivity contribution in [3.63, 3.8) is 0 Å². The zero-order valence-corrected chi connectivity index (χ0v) is 12.1. The second kappa shape index (κ2) is 11.4. The van der Waals surface area contributed by atoms with Crippen LogP contribution in [-0.4, -0.2) is 46.4 Å². The number of aliphatic hydroxyl groups excluding tert-OH is 1. The Bertz CT molecular complexity index is 434. The molecule has 0 saturated heterocycles. The van der Waals surface area contributed by atoms with E-state index in [0.29, 0.717) is 0 Å². The predicted octanol–water partition coefficient (Wildman–Crippen LogP) is 1.15. The lowest BCUT2D eigenvalue weighted by atomic mass is 10.1. The molecule has 7 heteroatoms. The van der Waals surface area contributed by atoms with Crippen molar-refractivity contribution < 1.29 is 34.4 Å². The van der Waals surface area contributed by atoms with Gasteiger partial charge in [-0.25, -0.2) is 14.4 Å². The minimum absolute atomic E-state index is 0.0838. The first-order chi connectivity index (χ1) is 9.63. The Hall–Kier alpha value is -2.41. The van der Waals surface area contributed by atoms with Crippen LogP contribution in [0.25, 0.3) is 0 Å². The molecule has 118 valence electrons. The van der Waals surface area contributed by atoms with Gasteiger partial charge in [-0.3, -0.25) is 0 Å². The number of carboxylic acid groups (broad SMARTS) is 2. The van der Waals surface area contributed by atoms with Crippen LogP contribution in [0, 0.1) is 0 Å². The van der Waals surface area contributed by atoms with Gasteiger partial charge >= 0.3 is 17.9 Å². The number of carboxylic acids is 2. The van der Waals surface area contributed by atoms with Crippen LogP contribution in [0.2, 0.25) is 0 Å². The molecule has 7 nitrogen and oxygen atoms in total. The minimum Gasteiger partial charge on any atom is -0.478 e. The van der Waals surface area contributed by atoms with Gasteiger partial charge in [-0.05, 0) is 20.3 Å². The second-order valence-corrected chi connectivity index (χ2v) is 3.94. The normalized spacial score (nSPS) is 9.95. The van der Waals surface area contributed by atoms with E-state index < -0.39 is 17.9 Å². The molecule has 0 saturated carbocycles. The van der Waals surface area contributed by atoms with Gasteiger partial charge in [0.1, 0.15) is 6.61 Å². The van der Waals surface area contributed by atoms with Gasteiger partial charge in [0.15, 0.2) is 0 Å². The first-order valence-corrected chi connectivity index (χ1v) is 5.88. The molecule has 0 amide bonds. The molecule has 0 aromatic rings. The van der Waals surface area contributed by atoms with Gasteiger partial charge in [-0.2, -0.15) is 0 Å². The molecule has 0 radical (unpaired) electrons. The van der Waals surface area contributed by atoms with Crippen LogP contribution in [0.4, 0.5) is 0 Å². The highest BCUT2D eigenvalue weighted by molar-refractivity contribution is 5.89. The molecule has 0 heterocycles. The smallest absolute Gasteiger partial charge is 0.333 e. The van der Waals surface area contributed by atoms with Crippen molar-refractivity contribution >= 4 is 17.9 Å². The summed E-state index contributed by atoms with van der Waals surface area (Å²) in [5.41, 5.74) is 0.477. The summed E-state index contributed by atoms with van der Waals surface area (Å²) in [4.78, 5) is 31.1. The highest BCUT2D eigenvalue weighted by Gasteiger charge is 2.07. The summed E-state index contributed by atoms with van der Waals surface area (Å²) in [5, 5.41) is 24.8. The van der Waals surface area contributed by atoms with Crippen molar-refractivity contribution in [2.75, 3.05) is 13.2 Å². The molecule has 0 aliphatic heterocycles. The first-order valence-electron chi connectivity index (χ1n) is 5.88. The lowest BCUT2D eigenvalue weighted by Gasteiger charge is -2.03. The maximum absolute atomic E-state index is 11.1. The van der Waals surface area contributed by atoms with E-state index in [1.54, 1.807) is 0 Å². The summed E-state index contributed by atoms with van der Waals surface area (Å²) in [6.07, 6.45) is 1.51. The van der Waals surface area contributed by atoms with Crippen LogP contribution >= 0.6 is 0 Å². The summed E-state index contributed by atoms with van der Waals surface area (Å²) in [7, 11) is 0. The number of hydrogen-bond acceptors (Lipinski definition) is 5. The van der Waals surface area contributed by atoms with E-state index >= 15 is 0 Å². The highest BCUT2D eigenvalue weighted by atomic mass is 16.5. The van der Waals surface area contributed by atoms with E-state index in [2.05, 4.69) is 17.9 Å². The van der Waals surface area contributed by atoms with Gasteiger partial charge in [0, 0.05) is 16.7 Å². The van der Waals surface area contributed by atoms with E-state index in [1.165, 1.54) is 19.9 Å². The Labute approximate surface area is 122 Å². The van der Waals surface area contributed by atoms with Crippen molar-refractivity contribution in [1.82, 2.24) is 0 Å². The van der Waals surface area contributed by atoms with Crippen molar-refractivity contribution in [2.45, 2.75) is 20.3 Å². The SMILES string of the molecule is C=C(C)C(=O)O.C=C(CC=C(C)C(=O)O)C(=O)OCCO. The minimum atomic E-state index is -1.04. The van der Waals surface area contributed by atoms with Crippen LogP contribution < -0.4 is 0 Å². The third kappa shape index (κ3) is 12.4. The largest absolute Gasteiger partial charge is 0.478 e. The molecule has 0 aliphatic carbocycles. The number of carbonyl (C=O) groups excluding carboxylic acids is 1. The molecular weight excluding hydrogens is 280 g/mol. The summed E-state index contributed by atoms with van der Waals surface area (Å²) in [5.74, 6) is -2.60. The number of esters is 1. The fourth-order valence-corrected chi connectivity index (χ4v) is 0.687. The molecule has 0 spiro atoms. The zero-order chi connectivity index (χ0) is 17.0. The molecule has 0 aliphatic rings. The van der Waals surface area contributed by atoms with Crippen LogP contribution in [-0.2, 0) is 19.1 Å². The standard InChI is InChI=1S/C10H14O5.C4H6O2/c1-7(9(12)13)3-4-8(2)10(14)15-6-5-11;1-3(2)4(5)6/h3,11H,2,4-6H2,1H3,(H,12,13);1H2,2H3,(H,5,6). The lowest BCUT2D eigenvalue weighted by molar-refractivity contribution is -0.140. The molecule has 0 aromatic carbocycles. The van der Waals surface area contributed by atoms with Crippen LogP contribution in [0.15, 0.2) is 36.0 Å². The quantitative estimate of drug-likeness (QED) is 0.476. The topological polar surface area (TPSA) is 121 Å². The Morgan fingerprint density at radius 2 is 1.57 bits per heavy atom. The zero-order valence-electron chi connectivity index (χ0n) is 12.1. The third-order valence-corrected chi connectivity index (χ3v) is 1.97. The van der Waals surface area contributed by atoms with Gasteiger partial charge in [-0.1, -0.05) is 19.2 Å². The molecule has 3 N–H and O–H groups in total. The van der Waals surface area contributed by atoms with Crippen LogP contribution in [0.5, 0.6) is 0 Å². The summed E-state index contributed by atoms with van der Waals surface area (Å²) in [6, 6.07) is 0.